The van der Waals surface area contributed by atoms with Crippen molar-refractivity contribution in [2.24, 2.45) is 0 Å². The highest BCUT2D eigenvalue weighted by atomic mass is 16.5. The van der Waals surface area contributed by atoms with Crippen molar-refractivity contribution < 1.29 is 9.53 Å². The molecule has 0 radical (unpaired) electrons. The minimum Gasteiger partial charge on any atom is -0.464 e. The van der Waals surface area contributed by atoms with Crippen LogP contribution in [0.1, 0.15) is 39.7 Å². The zero-order chi connectivity index (χ0) is 13.6. The van der Waals surface area contributed by atoms with Crippen molar-refractivity contribution in [2.45, 2.75) is 45.7 Å². The first-order chi connectivity index (χ1) is 8.54. The Morgan fingerprint density at radius 2 is 2.28 bits per heavy atom. The van der Waals surface area contributed by atoms with Crippen molar-refractivity contribution in [3.8, 4) is 0 Å². The number of aromatic nitrogens is 1. The third-order valence-electron chi connectivity index (χ3n) is 3.07. The van der Waals surface area contributed by atoms with Crippen LogP contribution in [0.3, 0.4) is 0 Å². The van der Waals surface area contributed by atoms with Gasteiger partial charge in [-0.2, -0.15) is 0 Å². The van der Waals surface area contributed by atoms with Crippen molar-refractivity contribution in [2.75, 3.05) is 6.61 Å². The lowest BCUT2D eigenvalue weighted by Crippen LogP contribution is -2.51. The normalized spacial score (nSPS) is 15.8. The number of ether oxygens (including phenoxy) is 1. The van der Waals surface area contributed by atoms with Gasteiger partial charge in [0.25, 0.3) is 0 Å². The van der Waals surface area contributed by atoms with E-state index in [0.717, 1.165) is 12.0 Å². The monoisotopic (exact) mass is 250 g/mol. The van der Waals surface area contributed by atoms with E-state index >= 15 is 0 Å². The maximum Gasteiger partial charge on any atom is 0.330 e. The third-order valence-corrected chi connectivity index (χ3v) is 3.07. The lowest BCUT2D eigenvalue weighted by atomic mass is 9.92. The Hall–Kier alpha value is -1.42. The summed E-state index contributed by atoms with van der Waals surface area (Å²) in [5.74, 6) is -0.265. The van der Waals surface area contributed by atoms with Crippen LogP contribution in [0.4, 0.5) is 0 Å². The Balaban J connectivity index is 3.05. The van der Waals surface area contributed by atoms with E-state index in [1.165, 1.54) is 0 Å². The van der Waals surface area contributed by atoms with Gasteiger partial charge in [0.2, 0.25) is 0 Å². The van der Waals surface area contributed by atoms with Crippen molar-refractivity contribution in [1.29, 1.82) is 0 Å². The molecule has 1 aromatic rings. The Morgan fingerprint density at radius 1 is 1.56 bits per heavy atom. The van der Waals surface area contributed by atoms with E-state index in [4.69, 9.17) is 4.74 Å². The van der Waals surface area contributed by atoms with Crippen LogP contribution in [-0.4, -0.2) is 23.6 Å². The maximum absolute atomic E-state index is 12.2. The fraction of sp³-hybridized carbons (Fsp3) is 0.571. The molecule has 0 aliphatic rings. The molecular formula is C14H22N2O2. The smallest absolute Gasteiger partial charge is 0.330 e. The summed E-state index contributed by atoms with van der Waals surface area (Å²) in [7, 11) is 0. The molecule has 0 bridgehead atoms. The molecule has 0 spiro atoms. The highest BCUT2D eigenvalue weighted by Crippen LogP contribution is 2.23. The van der Waals surface area contributed by atoms with Gasteiger partial charge in [0.1, 0.15) is 5.54 Å². The SMILES string of the molecule is CCOC(=O)C(C)(NC(C)CC)c1cccnc1. The Labute approximate surface area is 109 Å². The predicted molar refractivity (Wildman–Crippen MR) is 71.1 cm³/mol. The van der Waals surface area contributed by atoms with Crippen LogP contribution in [0.15, 0.2) is 24.5 Å². The summed E-state index contributed by atoms with van der Waals surface area (Å²) in [6, 6.07) is 3.93. The van der Waals surface area contributed by atoms with E-state index in [1.807, 2.05) is 32.9 Å². The van der Waals surface area contributed by atoms with Gasteiger partial charge in [-0.1, -0.05) is 13.0 Å². The van der Waals surface area contributed by atoms with E-state index in [2.05, 4.69) is 17.2 Å². The topological polar surface area (TPSA) is 51.2 Å². The van der Waals surface area contributed by atoms with Crippen molar-refractivity contribution in [3.05, 3.63) is 30.1 Å². The molecule has 0 saturated carbocycles. The molecule has 2 unspecified atom stereocenters. The van der Waals surface area contributed by atoms with Gasteiger partial charge in [-0.3, -0.25) is 10.3 Å². The molecule has 0 aliphatic carbocycles. The predicted octanol–water partition coefficient (Wildman–Crippen LogP) is 2.25. The second-order valence-corrected chi connectivity index (χ2v) is 4.54. The summed E-state index contributed by atoms with van der Waals surface area (Å²) in [5.41, 5.74) is -0.0246. The van der Waals surface area contributed by atoms with Crippen LogP contribution in [0.5, 0.6) is 0 Å². The molecule has 1 N–H and O–H groups in total. The van der Waals surface area contributed by atoms with Gasteiger partial charge >= 0.3 is 5.97 Å². The summed E-state index contributed by atoms with van der Waals surface area (Å²) in [4.78, 5) is 16.3. The highest BCUT2D eigenvalue weighted by Gasteiger charge is 2.37. The molecule has 18 heavy (non-hydrogen) atoms. The zero-order valence-corrected chi connectivity index (χ0v) is 11.6. The van der Waals surface area contributed by atoms with Crippen LogP contribution in [0.2, 0.25) is 0 Å². The van der Waals surface area contributed by atoms with E-state index in [1.54, 1.807) is 12.4 Å². The molecule has 0 aromatic carbocycles. The van der Waals surface area contributed by atoms with Gasteiger partial charge in [-0.05, 0) is 33.3 Å². The Kier molecular flexibility index (Phi) is 5.28. The van der Waals surface area contributed by atoms with Gasteiger partial charge in [-0.25, -0.2) is 4.79 Å². The second kappa shape index (κ2) is 6.50. The second-order valence-electron chi connectivity index (χ2n) is 4.54. The lowest BCUT2D eigenvalue weighted by molar-refractivity contribution is -0.151. The minimum absolute atomic E-state index is 0.222. The number of nitrogens with zero attached hydrogens (tertiary/aromatic N) is 1. The van der Waals surface area contributed by atoms with Crippen LogP contribution >= 0.6 is 0 Å². The summed E-state index contributed by atoms with van der Waals surface area (Å²) in [6.07, 6.45) is 4.33. The first-order valence-electron chi connectivity index (χ1n) is 6.40. The molecule has 0 fully saturated rings. The molecule has 0 saturated heterocycles. The number of carbonyl (C=O) groups excluding carboxylic acids is 1. The molecule has 4 heteroatoms. The molecule has 100 valence electrons. The van der Waals surface area contributed by atoms with E-state index in [0.29, 0.717) is 6.61 Å². The van der Waals surface area contributed by atoms with Gasteiger partial charge in [-0.15, -0.1) is 0 Å². The van der Waals surface area contributed by atoms with Gasteiger partial charge < -0.3 is 4.74 Å². The third kappa shape index (κ3) is 3.29. The quantitative estimate of drug-likeness (QED) is 0.787. The molecule has 1 aromatic heterocycles. The number of rotatable bonds is 6. The molecule has 2 atom stereocenters. The fourth-order valence-electron chi connectivity index (χ4n) is 1.79. The molecule has 1 rings (SSSR count). The number of nitrogens with one attached hydrogen (secondary N) is 1. The van der Waals surface area contributed by atoms with Crippen LogP contribution < -0.4 is 5.32 Å². The Bertz CT molecular complexity index is 381. The molecule has 4 nitrogen and oxygen atoms in total. The average Bonchev–Trinajstić information content (AvgIpc) is 2.39. The van der Waals surface area contributed by atoms with Gasteiger partial charge in [0.15, 0.2) is 0 Å². The van der Waals surface area contributed by atoms with Crippen LogP contribution in [-0.2, 0) is 15.1 Å². The average molecular weight is 250 g/mol. The molecule has 0 amide bonds. The number of hydrogen-bond acceptors (Lipinski definition) is 4. The molecular weight excluding hydrogens is 228 g/mol. The number of esters is 1. The number of pyridine rings is 1. The first-order valence-corrected chi connectivity index (χ1v) is 6.40. The van der Waals surface area contributed by atoms with Crippen molar-refractivity contribution >= 4 is 5.97 Å². The summed E-state index contributed by atoms with van der Waals surface area (Å²) in [5, 5.41) is 3.33. The molecule has 1 heterocycles. The Morgan fingerprint density at radius 3 is 2.78 bits per heavy atom. The number of hydrogen-bond donors (Lipinski definition) is 1. The maximum atomic E-state index is 12.2. The van der Waals surface area contributed by atoms with E-state index in [-0.39, 0.29) is 12.0 Å². The van der Waals surface area contributed by atoms with Crippen molar-refractivity contribution in [3.63, 3.8) is 0 Å². The summed E-state index contributed by atoms with van der Waals surface area (Å²) >= 11 is 0. The zero-order valence-electron chi connectivity index (χ0n) is 11.6. The first kappa shape index (κ1) is 14.6. The standard InChI is InChI=1S/C14H22N2O2/c1-5-11(3)16-14(4,13(17)18-6-2)12-8-7-9-15-10-12/h7-11,16H,5-6H2,1-4H3. The van der Waals surface area contributed by atoms with Crippen LogP contribution in [0.25, 0.3) is 0 Å². The van der Waals surface area contributed by atoms with E-state index in [9.17, 15) is 4.79 Å². The highest BCUT2D eigenvalue weighted by molar-refractivity contribution is 5.82. The largest absolute Gasteiger partial charge is 0.464 e. The fourth-order valence-corrected chi connectivity index (χ4v) is 1.79. The summed E-state index contributed by atoms with van der Waals surface area (Å²) in [6.45, 7) is 8.15. The van der Waals surface area contributed by atoms with Crippen LogP contribution in [0, 0.1) is 0 Å². The van der Waals surface area contributed by atoms with Gasteiger partial charge in [0, 0.05) is 24.0 Å². The molecule has 0 aliphatic heterocycles. The lowest BCUT2D eigenvalue weighted by Gasteiger charge is -2.31. The summed E-state index contributed by atoms with van der Waals surface area (Å²) < 4.78 is 5.18. The van der Waals surface area contributed by atoms with Crippen molar-refractivity contribution in [1.82, 2.24) is 10.3 Å². The number of carbonyl (C=O) groups is 1. The van der Waals surface area contributed by atoms with E-state index < -0.39 is 5.54 Å². The minimum atomic E-state index is -0.848. The van der Waals surface area contributed by atoms with Gasteiger partial charge in [0.05, 0.1) is 6.61 Å².